The van der Waals surface area contributed by atoms with E-state index < -0.39 is 11.9 Å². The predicted octanol–water partition coefficient (Wildman–Crippen LogP) is 2.35. The van der Waals surface area contributed by atoms with Gasteiger partial charge in [0.15, 0.2) is 0 Å². The monoisotopic (exact) mass is 294 g/mol. The number of esters is 2. The first-order chi connectivity index (χ1) is 10.2. The number of hydrogen-bond donors (Lipinski definition) is 0. The molecule has 116 valence electrons. The Morgan fingerprint density at radius 3 is 1.52 bits per heavy atom. The average Bonchev–Trinajstić information content (AvgIpc) is 2.47. The van der Waals surface area contributed by atoms with Gasteiger partial charge in [-0.3, -0.25) is 0 Å². The SMILES string of the molecule is CC=CC=CC(=O)OCCOCCOC(=O)C=CC=CC. The summed E-state index contributed by atoms with van der Waals surface area (Å²) in [6, 6.07) is 0. The van der Waals surface area contributed by atoms with Crippen LogP contribution in [0.25, 0.3) is 0 Å². The molecule has 0 amide bonds. The van der Waals surface area contributed by atoms with E-state index >= 15 is 0 Å². The standard InChI is InChI=1S/C16H22O5/c1-3-5-7-9-15(17)20-13-11-19-12-14-21-16(18)10-8-6-4-2/h3-10H,11-14H2,1-2H3. The summed E-state index contributed by atoms with van der Waals surface area (Å²) in [5.41, 5.74) is 0. The molecule has 0 saturated carbocycles. The summed E-state index contributed by atoms with van der Waals surface area (Å²) in [4.78, 5) is 22.3. The second-order valence-electron chi connectivity index (χ2n) is 3.72. The van der Waals surface area contributed by atoms with Crippen LogP contribution < -0.4 is 0 Å². The molecule has 0 aromatic heterocycles. The lowest BCUT2D eigenvalue weighted by Gasteiger charge is -2.04. The van der Waals surface area contributed by atoms with Crippen LogP contribution in [0.1, 0.15) is 13.8 Å². The molecule has 0 atom stereocenters. The normalized spacial score (nSPS) is 11.9. The largest absolute Gasteiger partial charge is 0.460 e. The van der Waals surface area contributed by atoms with Gasteiger partial charge in [0.1, 0.15) is 13.2 Å². The van der Waals surface area contributed by atoms with Crippen molar-refractivity contribution in [1.82, 2.24) is 0 Å². The molecule has 0 rings (SSSR count). The number of carbonyl (C=O) groups is 2. The molecule has 0 aliphatic heterocycles. The van der Waals surface area contributed by atoms with Crippen LogP contribution in [0, 0.1) is 0 Å². The number of carbonyl (C=O) groups excluding carboxylic acids is 2. The molecule has 0 N–H and O–H groups in total. The maximum absolute atomic E-state index is 11.1. The van der Waals surface area contributed by atoms with Crippen molar-refractivity contribution in [3.8, 4) is 0 Å². The highest BCUT2D eigenvalue weighted by atomic mass is 16.6. The molecule has 0 radical (unpaired) electrons. The minimum absolute atomic E-state index is 0.161. The number of rotatable bonds is 10. The summed E-state index contributed by atoms with van der Waals surface area (Å²) in [5.74, 6) is -0.838. The molecule has 5 nitrogen and oxygen atoms in total. The first kappa shape index (κ1) is 18.9. The summed E-state index contributed by atoms with van der Waals surface area (Å²) in [7, 11) is 0. The Kier molecular flexibility index (Phi) is 12.8. The topological polar surface area (TPSA) is 61.8 Å². The quantitative estimate of drug-likeness (QED) is 0.268. The van der Waals surface area contributed by atoms with Crippen molar-refractivity contribution in [3.05, 3.63) is 48.6 Å². The van der Waals surface area contributed by atoms with Gasteiger partial charge < -0.3 is 14.2 Å². The van der Waals surface area contributed by atoms with Crippen LogP contribution in [0.5, 0.6) is 0 Å². The zero-order chi connectivity index (χ0) is 15.8. The Morgan fingerprint density at radius 1 is 0.714 bits per heavy atom. The third-order valence-corrected chi connectivity index (χ3v) is 2.02. The van der Waals surface area contributed by atoms with E-state index in [1.807, 2.05) is 26.0 Å². The fraction of sp³-hybridized carbons (Fsp3) is 0.375. The Hall–Kier alpha value is -2.14. The van der Waals surface area contributed by atoms with Gasteiger partial charge in [0.05, 0.1) is 13.2 Å². The average molecular weight is 294 g/mol. The van der Waals surface area contributed by atoms with Crippen molar-refractivity contribution in [2.45, 2.75) is 13.8 Å². The minimum Gasteiger partial charge on any atom is -0.460 e. The van der Waals surface area contributed by atoms with Gasteiger partial charge in [-0.2, -0.15) is 0 Å². The maximum Gasteiger partial charge on any atom is 0.330 e. The van der Waals surface area contributed by atoms with Crippen LogP contribution in [-0.2, 0) is 23.8 Å². The van der Waals surface area contributed by atoms with Gasteiger partial charge in [-0.15, -0.1) is 0 Å². The Labute approximate surface area is 125 Å². The van der Waals surface area contributed by atoms with Crippen molar-refractivity contribution in [2.24, 2.45) is 0 Å². The third-order valence-electron chi connectivity index (χ3n) is 2.02. The molecular formula is C16H22O5. The van der Waals surface area contributed by atoms with Crippen LogP contribution >= 0.6 is 0 Å². The van der Waals surface area contributed by atoms with Gasteiger partial charge >= 0.3 is 11.9 Å². The van der Waals surface area contributed by atoms with Crippen LogP contribution in [0.3, 0.4) is 0 Å². The highest BCUT2D eigenvalue weighted by Gasteiger charge is 1.98. The van der Waals surface area contributed by atoms with Crippen molar-refractivity contribution < 1.29 is 23.8 Å². The first-order valence-corrected chi connectivity index (χ1v) is 6.70. The van der Waals surface area contributed by atoms with Crippen molar-refractivity contribution in [1.29, 1.82) is 0 Å². The predicted molar refractivity (Wildman–Crippen MR) is 80.6 cm³/mol. The lowest BCUT2D eigenvalue weighted by Crippen LogP contribution is -2.13. The van der Waals surface area contributed by atoms with E-state index in [9.17, 15) is 9.59 Å². The second kappa shape index (κ2) is 14.3. The first-order valence-electron chi connectivity index (χ1n) is 6.70. The summed E-state index contributed by atoms with van der Waals surface area (Å²) >= 11 is 0. The van der Waals surface area contributed by atoms with E-state index in [1.165, 1.54) is 12.2 Å². The van der Waals surface area contributed by atoms with E-state index in [0.717, 1.165) is 0 Å². The molecule has 21 heavy (non-hydrogen) atoms. The van der Waals surface area contributed by atoms with Gasteiger partial charge in [-0.25, -0.2) is 9.59 Å². The fourth-order valence-corrected chi connectivity index (χ4v) is 1.09. The number of ether oxygens (including phenoxy) is 3. The molecule has 0 aliphatic rings. The van der Waals surface area contributed by atoms with Gasteiger partial charge in [-0.05, 0) is 13.8 Å². The molecule has 0 aliphatic carbocycles. The minimum atomic E-state index is -0.419. The molecule has 5 heteroatoms. The van der Waals surface area contributed by atoms with E-state index in [4.69, 9.17) is 14.2 Å². The van der Waals surface area contributed by atoms with E-state index in [0.29, 0.717) is 0 Å². The maximum atomic E-state index is 11.1. The molecular weight excluding hydrogens is 272 g/mol. The molecule has 0 spiro atoms. The smallest absolute Gasteiger partial charge is 0.330 e. The lowest BCUT2D eigenvalue weighted by molar-refractivity contribution is -0.140. The van der Waals surface area contributed by atoms with Gasteiger partial charge in [-0.1, -0.05) is 36.5 Å². The van der Waals surface area contributed by atoms with Gasteiger partial charge in [0, 0.05) is 12.2 Å². The lowest BCUT2D eigenvalue weighted by atomic mass is 10.4. The highest BCUT2D eigenvalue weighted by molar-refractivity contribution is 5.82. The highest BCUT2D eigenvalue weighted by Crippen LogP contribution is 1.87. The Morgan fingerprint density at radius 2 is 1.14 bits per heavy atom. The third kappa shape index (κ3) is 14.1. The zero-order valence-electron chi connectivity index (χ0n) is 12.5. The van der Waals surface area contributed by atoms with Crippen LogP contribution in [0.2, 0.25) is 0 Å². The molecule has 0 saturated heterocycles. The van der Waals surface area contributed by atoms with Crippen molar-refractivity contribution in [2.75, 3.05) is 26.4 Å². The molecule has 0 bridgehead atoms. The van der Waals surface area contributed by atoms with E-state index in [-0.39, 0.29) is 26.4 Å². The van der Waals surface area contributed by atoms with Gasteiger partial charge in [0.25, 0.3) is 0 Å². The number of hydrogen-bond acceptors (Lipinski definition) is 5. The summed E-state index contributed by atoms with van der Waals surface area (Å²) in [6.45, 7) is 4.55. The molecule has 0 aromatic carbocycles. The van der Waals surface area contributed by atoms with E-state index in [2.05, 4.69) is 0 Å². The second-order valence-corrected chi connectivity index (χ2v) is 3.72. The molecule has 0 aromatic rings. The van der Waals surface area contributed by atoms with Crippen LogP contribution in [-0.4, -0.2) is 38.4 Å². The fourth-order valence-electron chi connectivity index (χ4n) is 1.09. The molecule has 0 heterocycles. The van der Waals surface area contributed by atoms with Crippen LogP contribution in [0.15, 0.2) is 48.6 Å². The summed E-state index contributed by atoms with van der Waals surface area (Å²) in [5, 5.41) is 0. The Bertz CT molecular complexity index is 367. The summed E-state index contributed by atoms with van der Waals surface area (Å²) < 4.78 is 14.9. The Balaban J connectivity index is 3.48. The summed E-state index contributed by atoms with van der Waals surface area (Å²) in [6.07, 6.45) is 12.9. The zero-order valence-corrected chi connectivity index (χ0v) is 12.5. The molecule has 0 unspecified atom stereocenters. The van der Waals surface area contributed by atoms with Gasteiger partial charge in [0.2, 0.25) is 0 Å². The molecule has 0 fully saturated rings. The van der Waals surface area contributed by atoms with Crippen molar-refractivity contribution in [3.63, 3.8) is 0 Å². The van der Waals surface area contributed by atoms with Crippen molar-refractivity contribution >= 4 is 11.9 Å². The van der Waals surface area contributed by atoms with E-state index in [1.54, 1.807) is 24.3 Å². The number of allylic oxidation sites excluding steroid dienone is 6. The van der Waals surface area contributed by atoms with Crippen LogP contribution in [0.4, 0.5) is 0 Å².